The molecule has 0 saturated carbocycles. The highest BCUT2D eigenvalue weighted by Crippen LogP contribution is 2.47. The van der Waals surface area contributed by atoms with E-state index in [1.807, 2.05) is 27.7 Å². The first-order chi connectivity index (χ1) is 15.8. The Balaban J connectivity index is 1.58. The number of aromatic nitrogens is 1. The highest BCUT2D eigenvalue weighted by molar-refractivity contribution is 5.95. The predicted molar refractivity (Wildman–Crippen MR) is 125 cm³/mol. The summed E-state index contributed by atoms with van der Waals surface area (Å²) in [5.41, 5.74) is 2.49. The molecule has 2 saturated heterocycles. The maximum atomic E-state index is 14.1. The van der Waals surface area contributed by atoms with Gasteiger partial charge in [0, 0.05) is 12.0 Å². The van der Waals surface area contributed by atoms with Crippen molar-refractivity contribution in [3.05, 3.63) is 63.9 Å². The summed E-state index contributed by atoms with van der Waals surface area (Å²) < 4.78 is 32.3. The van der Waals surface area contributed by atoms with Gasteiger partial charge in [-0.15, -0.1) is 0 Å². The molecule has 0 radical (unpaired) electrons. The number of amides is 1. The van der Waals surface area contributed by atoms with E-state index in [1.165, 1.54) is 12.3 Å². The van der Waals surface area contributed by atoms with Crippen LogP contribution in [-0.4, -0.2) is 30.0 Å². The van der Waals surface area contributed by atoms with Gasteiger partial charge in [0.05, 0.1) is 12.2 Å². The Labute approximate surface area is 199 Å². The first-order valence-electron chi connectivity index (χ1n) is 11.6. The minimum absolute atomic E-state index is 0.00139. The second kappa shape index (κ2) is 8.59. The zero-order valence-electron chi connectivity index (χ0n) is 20.8. The lowest BCUT2D eigenvalue weighted by atomic mass is 9.76. The minimum Gasteiger partial charge on any atom is -0.618 e. The fourth-order valence-electron chi connectivity index (χ4n) is 4.88. The molecule has 4 rings (SSSR count). The predicted octanol–water partition coefficient (Wildman–Crippen LogP) is 4.44. The molecule has 2 aromatic rings. The zero-order chi connectivity index (χ0) is 25.0. The average Bonchev–Trinajstić information content (AvgIpc) is 3.23. The van der Waals surface area contributed by atoms with E-state index in [-0.39, 0.29) is 30.2 Å². The molecular formula is C26H33FN2O5. The van der Waals surface area contributed by atoms with Crippen molar-refractivity contribution in [2.24, 2.45) is 5.92 Å². The largest absolute Gasteiger partial charge is 0.618 e. The Morgan fingerprint density at radius 1 is 1.12 bits per heavy atom. The van der Waals surface area contributed by atoms with Crippen LogP contribution in [0.1, 0.15) is 69.0 Å². The zero-order valence-corrected chi connectivity index (χ0v) is 20.8. The number of anilines is 1. The second-order valence-electron chi connectivity index (χ2n) is 10.3. The van der Waals surface area contributed by atoms with Crippen molar-refractivity contribution in [1.82, 2.24) is 0 Å². The summed E-state index contributed by atoms with van der Waals surface area (Å²) in [7, 11) is 0. The van der Waals surface area contributed by atoms with Crippen molar-refractivity contribution in [3.8, 4) is 0 Å². The number of hydrogen-bond donors (Lipinski definition) is 1. The SMILES string of the molecule is Cc1c(F)ccc([C@H]2[C@H](C(=O)Nc3ccc([C@H]4COC(C)(C)O4)[n+]([O-])c3)OC(C)(C)[C@H]2C)c1C. The van der Waals surface area contributed by atoms with Gasteiger partial charge in [0.25, 0.3) is 5.91 Å². The van der Waals surface area contributed by atoms with E-state index in [9.17, 15) is 14.4 Å². The molecule has 0 bridgehead atoms. The van der Waals surface area contributed by atoms with E-state index in [4.69, 9.17) is 14.2 Å². The molecule has 1 aromatic carbocycles. The second-order valence-corrected chi connectivity index (χ2v) is 10.3. The summed E-state index contributed by atoms with van der Waals surface area (Å²) in [5, 5.41) is 15.5. The Morgan fingerprint density at radius 2 is 1.82 bits per heavy atom. The van der Waals surface area contributed by atoms with Gasteiger partial charge in [0.15, 0.2) is 11.9 Å². The standard InChI is InChI=1S/C26H33FN2O5/c1-14-15(2)19(27)10-9-18(14)22-16(3)25(4,5)34-23(22)24(30)28-17-8-11-20(29(31)12-17)21-13-32-26(6,7)33-21/h8-12,16,21-23H,13H2,1-7H3,(H,28,30)/t16-,21+,22-,23+/m0/s1. The van der Waals surface area contributed by atoms with Crippen LogP contribution in [0.5, 0.6) is 0 Å². The molecule has 1 amide bonds. The Morgan fingerprint density at radius 3 is 2.44 bits per heavy atom. The third-order valence-electron chi connectivity index (χ3n) is 7.32. The first kappa shape index (κ1) is 24.6. The van der Waals surface area contributed by atoms with Crippen LogP contribution in [0.25, 0.3) is 0 Å². The Bertz CT molecular complexity index is 1120. The molecule has 34 heavy (non-hydrogen) atoms. The van der Waals surface area contributed by atoms with Crippen molar-refractivity contribution >= 4 is 11.6 Å². The quantitative estimate of drug-likeness (QED) is 0.526. The molecule has 184 valence electrons. The summed E-state index contributed by atoms with van der Waals surface area (Å²) in [5.74, 6) is -1.63. The third-order valence-corrected chi connectivity index (χ3v) is 7.32. The van der Waals surface area contributed by atoms with Crippen molar-refractivity contribution < 1.29 is 28.1 Å². The number of nitrogens with one attached hydrogen (secondary N) is 1. The number of hydrogen-bond acceptors (Lipinski definition) is 5. The van der Waals surface area contributed by atoms with Gasteiger partial charge < -0.3 is 24.7 Å². The number of pyridine rings is 1. The van der Waals surface area contributed by atoms with Crippen molar-refractivity contribution in [2.75, 3.05) is 11.9 Å². The van der Waals surface area contributed by atoms with Crippen LogP contribution in [0.4, 0.5) is 10.1 Å². The topological polar surface area (TPSA) is 83.7 Å². The van der Waals surface area contributed by atoms with Crippen LogP contribution < -0.4 is 10.0 Å². The van der Waals surface area contributed by atoms with Crippen molar-refractivity contribution in [2.45, 2.75) is 78.0 Å². The van der Waals surface area contributed by atoms with Gasteiger partial charge in [-0.25, -0.2) is 4.39 Å². The van der Waals surface area contributed by atoms with Crippen LogP contribution in [0.15, 0.2) is 30.5 Å². The maximum absolute atomic E-state index is 14.1. The lowest BCUT2D eigenvalue weighted by Crippen LogP contribution is -2.37. The van der Waals surface area contributed by atoms with E-state index in [0.29, 0.717) is 21.7 Å². The first-order valence-corrected chi connectivity index (χ1v) is 11.6. The van der Waals surface area contributed by atoms with Gasteiger partial charge in [0.2, 0.25) is 11.9 Å². The van der Waals surface area contributed by atoms with Gasteiger partial charge in [-0.1, -0.05) is 13.0 Å². The van der Waals surface area contributed by atoms with Gasteiger partial charge in [-0.3, -0.25) is 4.79 Å². The average molecular weight is 473 g/mol. The molecule has 2 fully saturated rings. The number of benzene rings is 1. The number of carbonyl (C=O) groups excluding carboxylic acids is 1. The van der Waals surface area contributed by atoms with Crippen LogP contribution in [0.2, 0.25) is 0 Å². The van der Waals surface area contributed by atoms with E-state index in [2.05, 4.69) is 5.32 Å². The minimum atomic E-state index is -0.791. The van der Waals surface area contributed by atoms with Gasteiger partial charge >= 0.3 is 0 Å². The Kier molecular flexibility index (Phi) is 6.21. The number of halogens is 1. The number of rotatable bonds is 4. The third kappa shape index (κ3) is 4.42. The molecule has 8 heteroatoms. The van der Waals surface area contributed by atoms with E-state index in [1.54, 1.807) is 39.0 Å². The molecule has 0 spiro atoms. The maximum Gasteiger partial charge on any atom is 0.254 e. The molecular weight excluding hydrogens is 439 g/mol. The molecule has 7 nitrogen and oxygen atoms in total. The normalized spacial score (nSPS) is 27.6. The monoisotopic (exact) mass is 472 g/mol. The van der Waals surface area contributed by atoms with Crippen LogP contribution >= 0.6 is 0 Å². The molecule has 2 aliphatic rings. The molecule has 1 N–H and O–H groups in total. The lowest BCUT2D eigenvalue weighted by molar-refractivity contribution is -0.617. The van der Waals surface area contributed by atoms with E-state index in [0.717, 1.165) is 11.1 Å². The number of nitrogens with zero attached hydrogens (tertiary/aromatic N) is 1. The number of carbonyl (C=O) groups is 1. The summed E-state index contributed by atoms with van der Waals surface area (Å²) >= 11 is 0. The highest BCUT2D eigenvalue weighted by Gasteiger charge is 2.51. The number of ether oxygens (including phenoxy) is 3. The summed E-state index contributed by atoms with van der Waals surface area (Å²) in [4.78, 5) is 13.4. The highest BCUT2D eigenvalue weighted by atomic mass is 19.1. The van der Waals surface area contributed by atoms with Crippen molar-refractivity contribution in [1.29, 1.82) is 0 Å². The molecule has 0 aliphatic carbocycles. The molecule has 1 aromatic heterocycles. The van der Waals surface area contributed by atoms with Gasteiger partial charge in [-0.2, -0.15) is 4.73 Å². The molecule has 0 unspecified atom stereocenters. The summed E-state index contributed by atoms with van der Waals surface area (Å²) in [6.45, 7) is 13.4. The van der Waals surface area contributed by atoms with E-state index >= 15 is 0 Å². The smallest absolute Gasteiger partial charge is 0.254 e. The van der Waals surface area contributed by atoms with Gasteiger partial charge in [-0.05, 0) is 76.3 Å². The summed E-state index contributed by atoms with van der Waals surface area (Å²) in [6, 6.07) is 6.49. The van der Waals surface area contributed by atoms with Gasteiger partial charge in [0.1, 0.15) is 17.6 Å². The Hall–Kier alpha value is -2.55. The van der Waals surface area contributed by atoms with Crippen LogP contribution in [0, 0.1) is 30.8 Å². The molecule has 3 heterocycles. The molecule has 2 aliphatic heterocycles. The molecule has 4 atom stereocenters. The van der Waals surface area contributed by atoms with Crippen molar-refractivity contribution in [3.63, 3.8) is 0 Å². The summed E-state index contributed by atoms with van der Waals surface area (Å²) in [6.07, 6.45) is 0.0418. The van der Waals surface area contributed by atoms with Crippen LogP contribution in [-0.2, 0) is 19.0 Å². The fraction of sp³-hybridized carbons (Fsp3) is 0.538. The van der Waals surface area contributed by atoms with E-state index < -0.39 is 23.6 Å². The lowest BCUT2D eigenvalue weighted by Gasteiger charge is -2.26. The van der Waals surface area contributed by atoms with Crippen LogP contribution in [0.3, 0.4) is 0 Å². The fourth-order valence-corrected chi connectivity index (χ4v) is 4.88.